The summed E-state index contributed by atoms with van der Waals surface area (Å²) in [5.41, 5.74) is 2.58. The van der Waals surface area contributed by atoms with Gasteiger partial charge in [-0.3, -0.25) is 9.59 Å². The summed E-state index contributed by atoms with van der Waals surface area (Å²) in [6.07, 6.45) is 2.54. The van der Waals surface area contributed by atoms with Gasteiger partial charge in [0.1, 0.15) is 16.1 Å². The van der Waals surface area contributed by atoms with Gasteiger partial charge in [-0.15, -0.1) is 21.5 Å². The molecule has 0 radical (unpaired) electrons. The second kappa shape index (κ2) is 8.42. The number of hydrogen-bond acceptors (Lipinski definition) is 6. The second-order valence-corrected chi connectivity index (χ2v) is 9.24. The maximum absolute atomic E-state index is 13.1. The number of anilines is 1. The van der Waals surface area contributed by atoms with E-state index in [1.807, 2.05) is 49.6 Å². The van der Waals surface area contributed by atoms with E-state index in [1.165, 1.54) is 22.7 Å². The molecule has 0 bridgehead atoms. The summed E-state index contributed by atoms with van der Waals surface area (Å²) >= 11 is 2.95. The molecular weight excluding hydrogens is 404 g/mol. The minimum Gasteiger partial charge on any atom is -0.326 e. The van der Waals surface area contributed by atoms with Crippen LogP contribution in [0, 0.1) is 13.8 Å². The molecule has 0 aliphatic carbocycles. The van der Waals surface area contributed by atoms with Gasteiger partial charge < -0.3 is 10.2 Å². The topological polar surface area (TPSA) is 75.2 Å². The van der Waals surface area contributed by atoms with Gasteiger partial charge in [0.15, 0.2) is 0 Å². The van der Waals surface area contributed by atoms with Gasteiger partial charge in [0, 0.05) is 17.8 Å². The standard InChI is InChI=1S/C21H22N4O2S2/c1-13-9-11-28-18(13)21(27)25-10-4-3-8-17(25)19(26)22-16-7-5-6-15(12-16)20-24-23-14(2)29-20/h5-7,9,11-12,17H,3-4,8,10H2,1-2H3,(H,22,26)/t17-/m0/s1. The fraction of sp³-hybridized carbons (Fsp3) is 0.333. The Balaban J connectivity index is 1.52. The molecule has 0 saturated carbocycles. The van der Waals surface area contributed by atoms with Crippen LogP contribution < -0.4 is 5.32 Å². The number of benzene rings is 1. The number of thiophene rings is 1. The first-order valence-electron chi connectivity index (χ1n) is 9.59. The average molecular weight is 427 g/mol. The molecule has 1 fully saturated rings. The van der Waals surface area contributed by atoms with Gasteiger partial charge in [0.05, 0.1) is 4.88 Å². The zero-order chi connectivity index (χ0) is 20.4. The highest BCUT2D eigenvalue weighted by molar-refractivity contribution is 7.14. The first-order valence-corrected chi connectivity index (χ1v) is 11.3. The van der Waals surface area contributed by atoms with E-state index < -0.39 is 6.04 Å². The maximum Gasteiger partial charge on any atom is 0.264 e. The lowest BCUT2D eigenvalue weighted by Gasteiger charge is -2.34. The van der Waals surface area contributed by atoms with Crippen LogP contribution in [-0.4, -0.2) is 39.5 Å². The molecule has 1 aromatic carbocycles. The molecule has 0 unspecified atom stereocenters. The molecule has 1 aliphatic heterocycles. The van der Waals surface area contributed by atoms with Crippen LogP contribution in [0.15, 0.2) is 35.7 Å². The predicted octanol–water partition coefficient (Wildman–Crippen LogP) is 4.52. The Hall–Kier alpha value is -2.58. The Morgan fingerprint density at radius 2 is 2.03 bits per heavy atom. The van der Waals surface area contributed by atoms with Crippen molar-refractivity contribution in [2.24, 2.45) is 0 Å². The SMILES string of the molecule is Cc1nnc(-c2cccc(NC(=O)[C@@H]3CCCCN3C(=O)c3sccc3C)c2)s1. The first kappa shape index (κ1) is 19.7. The van der Waals surface area contributed by atoms with Crippen LogP contribution in [0.1, 0.15) is 39.5 Å². The molecule has 29 heavy (non-hydrogen) atoms. The van der Waals surface area contributed by atoms with E-state index in [4.69, 9.17) is 0 Å². The Labute approximate surface area is 177 Å². The number of piperidine rings is 1. The van der Waals surface area contributed by atoms with Crippen molar-refractivity contribution in [1.82, 2.24) is 15.1 Å². The molecule has 3 aromatic rings. The number of likely N-dealkylation sites (tertiary alicyclic amines) is 1. The molecule has 2 aromatic heterocycles. The quantitative estimate of drug-likeness (QED) is 0.666. The van der Waals surface area contributed by atoms with Crippen molar-refractivity contribution in [2.75, 3.05) is 11.9 Å². The lowest BCUT2D eigenvalue weighted by molar-refractivity contribution is -0.121. The fourth-order valence-electron chi connectivity index (χ4n) is 3.54. The summed E-state index contributed by atoms with van der Waals surface area (Å²) < 4.78 is 0. The molecule has 1 aliphatic rings. The number of aryl methyl sites for hydroxylation is 2. The summed E-state index contributed by atoms with van der Waals surface area (Å²) in [6.45, 7) is 4.46. The summed E-state index contributed by atoms with van der Waals surface area (Å²) in [5, 5.41) is 14.9. The molecule has 3 heterocycles. The molecule has 2 amide bonds. The average Bonchev–Trinajstić information content (AvgIpc) is 3.36. The highest BCUT2D eigenvalue weighted by Crippen LogP contribution is 2.27. The second-order valence-electron chi connectivity index (χ2n) is 7.14. The van der Waals surface area contributed by atoms with Gasteiger partial charge in [0.2, 0.25) is 5.91 Å². The molecule has 0 spiro atoms. The Morgan fingerprint density at radius 1 is 1.17 bits per heavy atom. The maximum atomic E-state index is 13.1. The number of carbonyl (C=O) groups excluding carboxylic acids is 2. The number of amides is 2. The van der Waals surface area contributed by atoms with E-state index in [1.54, 1.807) is 4.90 Å². The third kappa shape index (κ3) is 4.23. The van der Waals surface area contributed by atoms with Gasteiger partial charge in [-0.05, 0) is 62.3 Å². The van der Waals surface area contributed by atoms with Crippen molar-refractivity contribution in [3.63, 3.8) is 0 Å². The van der Waals surface area contributed by atoms with Crippen LogP contribution in [0.4, 0.5) is 5.69 Å². The third-order valence-electron chi connectivity index (χ3n) is 5.03. The monoisotopic (exact) mass is 426 g/mol. The minimum absolute atomic E-state index is 0.0459. The largest absolute Gasteiger partial charge is 0.326 e. The molecule has 6 nitrogen and oxygen atoms in total. The van der Waals surface area contributed by atoms with Gasteiger partial charge in [-0.2, -0.15) is 0 Å². The Bertz CT molecular complexity index is 1040. The lowest BCUT2D eigenvalue weighted by atomic mass is 10.0. The highest BCUT2D eigenvalue weighted by atomic mass is 32.1. The van der Waals surface area contributed by atoms with Gasteiger partial charge in [0.25, 0.3) is 5.91 Å². The van der Waals surface area contributed by atoms with Crippen LogP contribution in [0.3, 0.4) is 0 Å². The summed E-state index contributed by atoms with van der Waals surface area (Å²) in [6, 6.07) is 9.08. The Kier molecular flexibility index (Phi) is 5.73. The van der Waals surface area contributed by atoms with E-state index in [0.717, 1.165) is 38.9 Å². The number of hydrogen-bond donors (Lipinski definition) is 1. The molecular formula is C21H22N4O2S2. The summed E-state index contributed by atoms with van der Waals surface area (Å²) in [7, 11) is 0. The highest BCUT2D eigenvalue weighted by Gasteiger charge is 2.33. The minimum atomic E-state index is -0.454. The fourth-order valence-corrected chi connectivity index (χ4v) is 5.11. The van der Waals surface area contributed by atoms with E-state index >= 15 is 0 Å². The molecule has 1 N–H and O–H groups in total. The number of rotatable bonds is 4. The smallest absolute Gasteiger partial charge is 0.264 e. The van der Waals surface area contributed by atoms with E-state index in [0.29, 0.717) is 18.7 Å². The van der Waals surface area contributed by atoms with E-state index in [9.17, 15) is 9.59 Å². The molecule has 1 saturated heterocycles. The number of nitrogens with one attached hydrogen (secondary N) is 1. The van der Waals surface area contributed by atoms with E-state index in [-0.39, 0.29) is 11.8 Å². The normalized spacial score (nSPS) is 16.6. The zero-order valence-electron chi connectivity index (χ0n) is 16.3. The van der Waals surface area contributed by atoms with Gasteiger partial charge in [-0.25, -0.2) is 0 Å². The lowest BCUT2D eigenvalue weighted by Crippen LogP contribution is -2.50. The van der Waals surface area contributed by atoms with Crippen molar-refractivity contribution in [1.29, 1.82) is 0 Å². The van der Waals surface area contributed by atoms with Crippen LogP contribution >= 0.6 is 22.7 Å². The zero-order valence-corrected chi connectivity index (χ0v) is 18.0. The van der Waals surface area contributed by atoms with Crippen molar-refractivity contribution in [3.8, 4) is 10.6 Å². The number of carbonyl (C=O) groups is 2. The predicted molar refractivity (Wildman–Crippen MR) is 116 cm³/mol. The summed E-state index contributed by atoms with van der Waals surface area (Å²) in [5.74, 6) is -0.187. The van der Waals surface area contributed by atoms with E-state index in [2.05, 4.69) is 15.5 Å². The van der Waals surface area contributed by atoms with Gasteiger partial charge in [-0.1, -0.05) is 23.5 Å². The first-order chi connectivity index (χ1) is 14.0. The van der Waals surface area contributed by atoms with Crippen molar-refractivity contribution in [3.05, 3.63) is 51.2 Å². The van der Waals surface area contributed by atoms with Gasteiger partial charge >= 0.3 is 0 Å². The molecule has 150 valence electrons. The van der Waals surface area contributed by atoms with Crippen molar-refractivity contribution >= 4 is 40.2 Å². The molecule has 4 rings (SSSR count). The van der Waals surface area contributed by atoms with Crippen LogP contribution in [0.25, 0.3) is 10.6 Å². The summed E-state index contributed by atoms with van der Waals surface area (Å²) in [4.78, 5) is 28.5. The van der Waals surface area contributed by atoms with Crippen LogP contribution in [0.2, 0.25) is 0 Å². The number of nitrogens with zero attached hydrogens (tertiary/aromatic N) is 3. The van der Waals surface area contributed by atoms with Crippen molar-refractivity contribution in [2.45, 2.75) is 39.2 Å². The van der Waals surface area contributed by atoms with Crippen LogP contribution in [0.5, 0.6) is 0 Å². The number of aromatic nitrogens is 2. The van der Waals surface area contributed by atoms with Crippen molar-refractivity contribution < 1.29 is 9.59 Å². The molecule has 8 heteroatoms. The molecule has 1 atom stereocenters. The Morgan fingerprint density at radius 3 is 2.76 bits per heavy atom. The van der Waals surface area contributed by atoms with Crippen LogP contribution in [-0.2, 0) is 4.79 Å². The third-order valence-corrected chi connectivity index (χ3v) is 6.92.